The molecule has 0 aromatic heterocycles. The highest BCUT2D eigenvalue weighted by molar-refractivity contribution is 7.99. The largest absolute Gasteiger partial charge is 0.514 e. The van der Waals surface area contributed by atoms with Gasteiger partial charge in [-0.3, -0.25) is 19.9 Å². The zero-order chi connectivity index (χ0) is 45.5. The highest BCUT2D eigenvalue weighted by Crippen LogP contribution is 2.64. The second-order valence-corrected chi connectivity index (χ2v) is 18.3. The lowest BCUT2D eigenvalue weighted by molar-refractivity contribution is -0.157. The maximum absolute atomic E-state index is 15.1. The second kappa shape index (κ2) is 16.4. The summed E-state index contributed by atoms with van der Waals surface area (Å²) in [6.07, 6.45) is 0.0297. The Balaban J connectivity index is 1.14. The van der Waals surface area contributed by atoms with Gasteiger partial charge >= 0.3 is 18.1 Å². The van der Waals surface area contributed by atoms with Gasteiger partial charge in [-0.05, 0) is 73.7 Å². The first-order valence-corrected chi connectivity index (χ1v) is 22.5. The molecule has 16 nitrogen and oxygen atoms in total. The van der Waals surface area contributed by atoms with Gasteiger partial charge in [-0.2, -0.15) is 5.26 Å². The lowest BCUT2D eigenvalue weighted by atomic mass is 9.71. The Hall–Kier alpha value is -6.19. The van der Waals surface area contributed by atoms with Gasteiger partial charge in [0.25, 0.3) is 0 Å². The van der Waals surface area contributed by atoms with Gasteiger partial charge in [0.05, 0.1) is 37.6 Å². The van der Waals surface area contributed by atoms with Gasteiger partial charge in [0, 0.05) is 53.6 Å². The second-order valence-electron chi connectivity index (χ2n) is 17.2. The number of esters is 2. The lowest BCUT2D eigenvalue weighted by Crippen LogP contribution is -2.69. The van der Waals surface area contributed by atoms with Gasteiger partial charge in [-0.25, -0.2) is 9.59 Å². The molecule has 0 amide bonds. The van der Waals surface area contributed by atoms with E-state index in [1.807, 2.05) is 57.3 Å². The fourth-order valence-corrected chi connectivity index (χ4v) is 12.8. The summed E-state index contributed by atoms with van der Waals surface area (Å²) in [7, 11) is 4.96. The zero-order valence-electron chi connectivity index (χ0n) is 36.7. The number of nitriles is 1. The molecule has 11 rings (SSSR count). The summed E-state index contributed by atoms with van der Waals surface area (Å²) in [5, 5.41) is 26.3. The molecule has 2 fully saturated rings. The zero-order valence-corrected chi connectivity index (χ0v) is 37.5. The lowest BCUT2D eigenvalue weighted by Gasteiger charge is -2.62. The average molecular weight is 905 g/mol. The van der Waals surface area contributed by atoms with E-state index in [1.54, 1.807) is 12.1 Å². The van der Waals surface area contributed by atoms with Gasteiger partial charge in [0.1, 0.15) is 25.0 Å². The van der Waals surface area contributed by atoms with Crippen LogP contribution < -0.4 is 33.7 Å². The van der Waals surface area contributed by atoms with Crippen LogP contribution in [-0.2, 0) is 44.1 Å². The van der Waals surface area contributed by atoms with Crippen molar-refractivity contribution in [2.24, 2.45) is 0 Å². The molecule has 7 heterocycles. The Morgan fingerprint density at radius 3 is 2.51 bits per heavy atom. The molecule has 338 valence electrons. The van der Waals surface area contributed by atoms with E-state index in [4.69, 9.17) is 37.9 Å². The molecule has 7 atom stereocenters. The molecule has 0 aliphatic carbocycles. The first-order valence-electron chi connectivity index (χ1n) is 21.5. The van der Waals surface area contributed by atoms with Crippen molar-refractivity contribution in [3.63, 3.8) is 0 Å². The van der Waals surface area contributed by atoms with E-state index in [9.17, 15) is 20.0 Å². The minimum absolute atomic E-state index is 0.0121. The number of rotatable bonds is 6. The van der Waals surface area contributed by atoms with E-state index >= 15 is 4.79 Å². The molecule has 4 aromatic rings. The molecule has 2 N–H and O–H groups in total. The quantitative estimate of drug-likeness (QED) is 0.130. The fourth-order valence-electron chi connectivity index (χ4n) is 11.1. The van der Waals surface area contributed by atoms with Crippen molar-refractivity contribution in [3.05, 3.63) is 98.6 Å². The van der Waals surface area contributed by atoms with Gasteiger partial charge in [-0.1, -0.05) is 36.4 Å². The van der Waals surface area contributed by atoms with Gasteiger partial charge in [0.2, 0.25) is 6.79 Å². The molecular weight excluding hydrogens is 857 g/mol. The third kappa shape index (κ3) is 6.63. The van der Waals surface area contributed by atoms with E-state index in [0.717, 1.165) is 22.3 Å². The number of nitrogens with one attached hydrogen (secondary N) is 1. The summed E-state index contributed by atoms with van der Waals surface area (Å²) >= 11 is 1.45. The third-order valence-corrected chi connectivity index (χ3v) is 15.3. The Morgan fingerprint density at radius 2 is 1.77 bits per heavy atom. The number of methoxy groups -OCH3 is 2. The predicted molar refractivity (Wildman–Crippen MR) is 234 cm³/mol. The maximum Gasteiger partial charge on any atom is 0.514 e. The number of nitrogens with zero attached hydrogens (tertiary/aromatic N) is 3. The minimum Gasteiger partial charge on any atom is -0.504 e. The van der Waals surface area contributed by atoms with E-state index in [0.29, 0.717) is 70.2 Å². The van der Waals surface area contributed by atoms with Crippen LogP contribution >= 0.6 is 11.8 Å². The highest BCUT2D eigenvalue weighted by Gasteiger charge is 2.62. The Bertz CT molecular complexity index is 2690. The van der Waals surface area contributed by atoms with Crippen LogP contribution in [-0.4, -0.2) is 98.1 Å². The number of aryl methyl sites for hydroxylation is 1. The third-order valence-electron chi connectivity index (χ3n) is 13.8. The molecule has 4 bridgehead atoms. The summed E-state index contributed by atoms with van der Waals surface area (Å²) in [6.45, 7) is 5.13. The van der Waals surface area contributed by atoms with Crippen molar-refractivity contribution < 1.29 is 57.4 Å². The molecule has 17 heteroatoms. The van der Waals surface area contributed by atoms with Gasteiger partial charge in [0.15, 0.2) is 40.0 Å². The number of piperazine rings is 1. The number of benzene rings is 4. The first-order chi connectivity index (χ1) is 31.4. The molecule has 0 saturated carbocycles. The number of likely N-dealkylation sites (N-methyl/N-ethyl adjacent to an activating group) is 1. The number of ether oxygens (including phenoxy) is 8. The highest BCUT2D eigenvalue weighted by atomic mass is 32.2. The fraction of sp³-hybridized carbons (Fsp3) is 0.417. The van der Waals surface area contributed by atoms with Crippen LogP contribution in [0.2, 0.25) is 0 Å². The predicted octanol–water partition coefficient (Wildman–Crippen LogP) is 6.00. The number of phenols is 1. The molecule has 0 radical (unpaired) electrons. The summed E-state index contributed by atoms with van der Waals surface area (Å²) in [5.41, 5.74) is 4.85. The Kier molecular flexibility index (Phi) is 10.8. The van der Waals surface area contributed by atoms with Crippen molar-refractivity contribution in [3.8, 4) is 46.3 Å². The minimum atomic E-state index is -1.46. The molecule has 2 saturated heterocycles. The number of thioether (sulfide) groups is 1. The number of carbonyl (C=O) groups is 3. The molecular formula is C48H48N4O12S. The number of phenolic OH excluding ortho intramolecular Hbond substituents is 1. The molecule has 1 spiro atoms. The molecule has 4 aromatic carbocycles. The summed E-state index contributed by atoms with van der Waals surface area (Å²) in [5.74, 6) is 0.862. The number of aromatic hydroxyl groups is 1. The summed E-state index contributed by atoms with van der Waals surface area (Å²) in [4.78, 5) is 45.5. The molecule has 1 unspecified atom stereocenters. The smallest absolute Gasteiger partial charge is 0.504 e. The molecule has 65 heavy (non-hydrogen) atoms. The van der Waals surface area contributed by atoms with Crippen molar-refractivity contribution in [2.45, 2.75) is 81.2 Å². The van der Waals surface area contributed by atoms with Crippen LogP contribution in [0.5, 0.6) is 40.2 Å². The standard InChI is InChI=1S/C48H48N4O12S/c1-23-14-28-15-30-31(18-49)52-32-20-59-46(55)48(29-17-33(57-5)34(16-27(29)12-13-50-48)64-47(56)60-19-26-10-8-7-9-11-26)21-65-45(39(52)38(51(30)4)35(28)40(54)41(23)58-6)37-36(32)44-43(61-22-62-44)24(2)42(37)63-25(3)53/h7-11,14,16-17,30-32,38-39,45,50,54H,12-13,15,19-22H2,1-6H3/t30-,31+,32-,38+,39?,45-,48-/m1/s1. The van der Waals surface area contributed by atoms with Crippen molar-refractivity contribution in [1.82, 2.24) is 15.1 Å². The van der Waals surface area contributed by atoms with Gasteiger partial charge in [-0.15, -0.1) is 11.8 Å². The van der Waals surface area contributed by atoms with Gasteiger partial charge < -0.3 is 43.0 Å². The summed E-state index contributed by atoms with van der Waals surface area (Å²) < 4.78 is 47.8. The number of hydrogen-bond acceptors (Lipinski definition) is 17. The SMILES string of the molecule is COc1cc2c(cc1OC(=O)OCc1ccccc1)CCN[C@]21CS[C@@H]2c3c(OC(C)=O)c(C)c4c(c3[C@@H](COC1=O)N1C2[C@@H]2c3c(cc(C)c(OC)c3O)C[C@H]([C@@H]1C#N)N2C)OCO4. The topological polar surface area (TPSA) is 188 Å². The van der Waals surface area contributed by atoms with Crippen LogP contribution in [0.3, 0.4) is 0 Å². The van der Waals surface area contributed by atoms with Crippen LogP contribution in [0, 0.1) is 25.2 Å². The average Bonchev–Trinajstić information content (AvgIpc) is 3.79. The van der Waals surface area contributed by atoms with Crippen molar-refractivity contribution in [2.75, 3.05) is 47.0 Å². The van der Waals surface area contributed by atoms with E-state index in [1.165, 1.54) is 32.9 Å². The monoisotopic (exact) mass is 904 g/mol. The maximum atomic E-state index is 15.1. The van der Waals surface area contributed by atoms with Crippen LogP contribution in [0.15, 0.2) is 48.5 Å². The molecule has 7 aliphatic rings. The van der Waals surface area contributed by atoms with Crippen LogP contribution in [0.25, 0.3) is 0 Å². The van der Waals surface area contributed by atoms with Crippen LogP contribution in [0.4, 0.5) is 4.79 Å². The van der Waals surface area contributed by atoms with E-state index in [-0.39, 0.29) is 49.0 Å². The first kappa shape index (κ1) is 42.7. The molecule has 7 aliphatic heterocycles. The number of fused-ring (bicyclic) bond motifs is 9. The normalized spacial score (nSPS) is 26.1. The van der Waals surface area contributed by atoms with Crippen molar-refractivity contribution >= 4 is 29.9 Å². The number of hydrogen-bond donors (Lipinski definition) is 2. The van der Waals surface area contributed by atoms with E-state index in [2.05, 4.69) is 21.2 Å². The van der Waals surface area contributed by atoms with Crippen molar-refractivity contribution in [1.29, 1.82) is 5.26 Å². The number of carbonyl (C=O) groups excluding carboxylic acids is 3. The summed E-state index contributed by atoms with van der Waals surface area (Å²) in [6, 6.07) is 14.4. The Labute approximate surface area is 379 Å². The van der Waals surface area contributed by atoms with Crippen LogP contribution in [0.1, 0.15) is 74.3 Å². The van der Waals surface area contributed by atoms with E-state index < -0.39 is 53.1 Å². The Morgan fingerprint density at radius 1 is 0.985 bits per heavy atom.